The van der Waals surface area contributed by atoms with Gasteiger partial charge in [-0.05, 0) is 30.9 Å². The Hall–Kier alpha value is -1.72. The number of pyridine rings is 1. The number of carbonyl (C=O) groups excluding carboxylic acids is 1. The maximum Gasteiger partial charge on any atom is 0.315 e. The van der Waals surface area contributed by atoms with Gasteiger partial charge in [0, 0.05) is 24.0 Å². The molecular weight excluding hydrogens is 328 g/mol. The van der Waals surface area contributed by atoms with Gasteiger partial charge in [-0.25, -0.2) is 0 Å². The summed E-state index contributed by atoms with van der Waals surface area (Å²) < 4.78 is 5.70. The molecule has 1 aromatic rings. The van der Waals surface area contributed by atoms with Crippen LogP contribution in [0.1, 0.15) is 38.8 Å². The van der Waals surface area contributed by atoms with E-state index >= 15 is 0 Å². The van der Waals surface area contributed by atoms with Gasteiger partial charge in [0.2, 0.25) is 0 Å². The molecule has 5 heteroatoms. The van der Waals surface area contributed by atoms with Crippen molar-refractivity contribution in [2.75, 3.05) is 6.54 Å². The van der Waals surface area contributed by atoms with Crippen LogP contribution in [-0.2, 0) is 16.1 Å². The minimum atomic E-state index is -0.525. The van der Waals surface area contributed by atoms with E-state index in [2.05, 4.69) is 30.2 Å². The predicted molar refractivity (Wildman–Crippen MR) is 96.8 cm³/mol. The van der Waals surface area contributed by atoms with Crippen molar-refractivity contribution in [1.29, 1.82) is 0 Å². The Morgan fingerprint density at radius 2 is 2.27 bits per heavy atom. The van der Waals surface area contributed by atoms with E-state index in [-0.39, 0.29) is 29.3 Å². The molecule has 1 aromatic heterocycles. The van der Waals surface area contributed by atoms with Crippen LogP contribution in [0.25, 0.3) is 0 Å². The lowest BCUT2D eigenvalue weighted by Crippen LogP contribution is -2.85. The molecule has 3 aliphatic rings. The fourth-order valence-electron chi connectivity index (χ4n) is 5.26. The van der Waals surface area contributed by atoms with E-state index in [0.29, 0.717) is 12.5 Å². The van der Waals surface area contributed by atoms with Gasteiger partial charge in [0.15, 0.2) is 0 Å². The molecular formula is C21H29N2O3+. The molecule has 1 saturated heterocycles. The molecule has 0 bridgehead atoms. The Morgan fingerprint density at radius 3 is 3.04 bits per heavy atom. The van der Waals surface area contributed by atoms with Crippen LogP contribution < -0.4 is 5.32 Å². The minimum absolute atomic E-state index is 0.106. The van der Waals surface area contributed by atoms with Crippen molar-refractivity contribution >= 4 is 5.97 Å². The second-order valence-electron chi connectivity index (χ2n) is 8.35. The van der Waals surface area contributed by atoms with Crippen LogP contribution in [0.3, 0.4) is 0 Å². The van der Waals surface area contributed by atoms with Crippen molar-refractivity contribution in [1.82, 2.24) is 4.98 Å². The lowest BCUT2D eigenvalue weighted by atomic mass is 9.55. The number of esters is 1. The molecule has 140 valence electrons. The molecule has 0 spiro atoms. The van der Waals surface area contributed by atoms with Crippen molar-refractivity contribution in [3.8, 4) is 0 Å². The lowest BCUT2D eigenvalue weighted by molar-refractivity contribution is -0.675. The van der Waals surface area contributed by atoms with Gasteiger partial charge in [-0.2, -0.15) is 0 Å². The van der Waals surface area contributed by atoms with Gasteiger partial charge >= 0.3 is 5.97 Å². The average Bonchev–Trinajstić information content (AvgIpc) is 2.94. The third-order valence-electron chi connectivity index (χ3n) is 7.07. The zero-order valence-electron chi connectivity index (χ0n) is 15.6. The van der Waals surface area contributed by atoms with Gasteiger partial charge in [-0.15, -0.1) is 0 Å². The summed E-state index contributed by atoms with van der Waals surface area (Å²) in [7, 11) is 0. The first-order valence-corrected chi connectivity index (χ1v) is 9.81. The zero-order chi connectivity index (χ0) is 18.3. The molecule has 1 saturated carbocycles. The number of ether oxygens (including phenoxy) is 1. The Kier molecular flexibility index (Phi) is 4.61. The number of aliphatic hydroxyl groups excluding tert-OH is 1. The van der Waals surface area contributed by atoms with Crippen LogP contribution in [0.15, 0.2) is 36.0 Å². The summed E-state index contributed by atoms with van der Waals surface area (Å²) in [6.07, 6.45) is 6.30. The SMILES string of the molecule is C[C@@H]1CCC=C2C[C@H]3OC(=O)[C@@H](C[NH2+]Cc4ccccn4)[C@H]3[C@H](O)[C@@]21C. The normalized spacial score (nSPS) is 39.0. The third kappa shape index (κ3) is 2.78. The summed E-state index contributed by atoms with van der Waals surface area (Å²) in [5.41, 5.74) is 2.06. The van der Waals surface area contributed by atoms with Gasteiger partial charge in [-0.3, -0.25) is 9.78 Å². The molecule has 2 fully saturated rings. The molecule has 0 radical (unpaired) electrons. The highest BCUT2D eigenvalue weighted by atomic mass is 16.6. The predicted octanol–water partition coefficient (Wildman–Crippen LogP) is 1.43. The highest BCUT2D eigenvalue weighted by molar-refractivity contribution is 5.76. The van der Waals surface area contributed by atoms with Crippen molar-refractivity contribution in [3.63, 3.8) is 0 Å². The quantitative estimate of drug-likeness (QED) is 0.631. The van der Waals surface area contributed by atoms with Crippen LogP contribution in [0, 0.1) is 23.2 Å². The number of nitrogens with two attached hydrogens (primary N) is 1. The largest absolute Gasteiger partial charge is 0.461 e. The second kappa shape index (κ2) is 6.78. The van der Waals surface area contributed by atoms with Crippen molar-refractivity contribution in [3.05, 3.63) is 41.7 Å². The van der Waals surface area contributed by atoms with Crippen LogP contribution in [0.4, 0.5) is 0 Å². The second-order valence-corrected chi connectivity index (χ2v) is 8.35. The Labute approximate surface area is 154 Å². The van der Waals surface area contributed by atoms with E-state index < -0.39 is 6.10 Å². The van der Waals surface area contributed by atoms with Gasteiger partial charge in [0.25, 0.3) is 0 Å². The first kappa shape index (κ1) is 17.7. The van der Waals surface area contributed by atoms with Gasteiger partial charge in [0.05, 0.1) is 18.3 Å². The number of hydrogen-bond donors (Lipinski definition) is 2. The number of quaternary nitrogens is 1. The summed E-state index contributed by atoms with van der Waals surface area (Å²) in [4.78, 5) is 16.9. The molecule has 26 heavy (non-hydrogen) atoms. The van der Waals surface area contributed by atoms with E-state index in [0.717, 1.165) is 31.5 Å². The maximum absolute atomic E-state index is 12.5. The standard InChI is InChI=1S/C21H28N2O3/c1-13-6-5-7-14-10-17-18(19(24)21(13,14)2)16(20(25)26-17)12-22-11-15-8-3-4-9-23-15/h3-4,7-9,13,16-19,22,24H,5-6,10-12H2,1-2H3/p+1/t13-,16+,17-,18-,19+,21-/m1/s1. The number of carbonyl (C=O) groups is 1. The van der Waals surface area contributed by atoms with Gasteiger partial charge in [0.1, 0.15) is 18.6 Å². The molecule has 4 rings (SSSR count). The Bertz CT molecular complexity index is 704. The summed E-state index contributed by atoms with van der Waals surface area (Å²) in [6, 6.07) is 5.86. The molecule has 1 aliphatic heterocycles. The van der Waals surface area contributed by atoms with Crippen LogP contribution in [0.2, 0.25) is 0 Å². The highest BCUT2D eigenvalue weighted by Crippen LogP contribution is 2.55. The summed E-state index contributed by atoms with van der Waals surface area (Å²) in [6.45, 7) is 5.78. The van der Waals surface area contributed by atoms with E-state index in [1.807, 2.05) is 18.2 Å². The molecule has 0 amide bonds. The zero-order valence-corrected chi connectivity index (χ0v) is 15.6. The monoisotopic (exact) mass is 357 g/mol. The molecule has 2 aliphatic carbocycles. The number of allylic oxidation sites excluding steroid dienone is 1. The third-order valence-corrected chi connectivity index (χ3v) is 7.07. The van der Waals surface area contributed by atoms with Crippen molar-refractivity contribution in [2.24, 2.45) is 23.2 Å². The fourth-order valence-corrected chi connectivity index (χ4v) is 5.26. The molecule has 0 aromatic carbocycles. The fraction of sp³-hybridized carbons (Fsp3) is 0.619. The number of aromatic nitrogens is 1. The first-order valence-electron chi connectivity index (χ1n) is 9.81. The Balaban J connectivity index is 1.50. The summed E-state index contributed by atoms with van der Waals surface area (Å²) in [5.74, 6) is -0.0736. The molecule has 6 atom stereocenters. The van der Waals surface area contributed by atoms with Gasteiger partial charge in [-0.1, -0.05) is 31.6 Å². The lowest BCUT2D eigenvalue weighted by Gasteiger charge is -2.51. The van der Waals surface area contributed by atoms with E-state index in [1.165, 1.54) is 5.57 Å². The smallest absolute Gasteiger partial charge is 0.315 e. The van der Waals surface area contributed by atoms with E-state index in [9.17, 15) is 9.90 Å². The number of aliphatic hydroxyl groups is 1. The van der Waals surface area contributed by atoms with Crippen LogP contribution in [-0.4, -0.2) is 34.8 Å². The summed E-state index contributed by atoms with van der Waals surface area (Å²) >= 11 is 0. The van der Waals surface area contributed by atoms with Crippen LogP contribution >= 0.6 is 0 Å². The van der Waals surface area contributed by atoms with E-state index in [1.54, 1.807) is 6.20 Å². The number of hydrogen-bond acceptors (Lipinski definition) is 4. The first-order chi connectivity index (χ1) is 12.5. The Morgan fingerprint density at radius 1 is 1.42 bits per heavy atom. The minimum Gasteiger partial charge on any atom is -0.461 e. The number of rotatable bonds is 4. The molecule has 5 nitrogen and oxygen atoms in total. The van der Waals surface area contributed by atoms with Crippen molar-refractivity contribution < 1.29 is 20.0 Å². The van der Waals surface area contributed by atoms with Gasteiger partial charge < -0.3 is 15.2 Å². The number of fused-ring (bicyclic) bond motifs is 2. The molecule has 3 N–H and O–H groups in total. The maximum atomic E-state index is 12.5. The summed E-state index contributed by atoms with van der Waals surface area (Å²) in [5, 5.41) is 13.4. The number of nitrogens with zero attached hydrogens (tertiary/aromatic N) is 1. The van der Waals surface area contributed by atoms with Crippen LogP contribution in [0.5, 0.6) is 0 Å². The molecule has 2 heterocycles. The highest BCUT2D eigenvalue weighted by Gasteiger charge is 2.60. The van der Waals surface area contributed by atoms with Crippen molar-refractivity contribution in [2.45, 2.75) is 51.9 Å². The van der Waals surface area contributed by atoms with E-state index in [4.69, 9.17) is 4.74 Å². The average molecular weight is 357 g/mol. The topological polar surface area (TPSA) is 76.0 Å². The molecule has 0 unspecified atom stereocenters.